The van der Waals surface area contributed by atoms with Gasteiger partial charge in [0.05, 0.1) is 0 Å². The first-order chi connectivity index (χ1) is 14.6. The van der Waals surface area contributed by atoms with E-state index >= 15 is 0 Å². The van der Waals surface area contributed by atoms with E-state index in [1.807, 2.05) is 36.2 Å². The van der Waals surface area contributed by atoms with E-state index in [1.54, 1.807) is 13.8 Å². The van der Waals surface area contributed by atoms with Gasteiger partial charge in [-0.1, -0.05) is 30.3 Å². The van der Waals surface area contributed by atoms with Crippen LogP contribution in [0.15, 0.2) is 30.3 Å². The summed E-state index contributed by atoms with van der Waals surface area (Å²) < 4.78 is 0. The summed E-state index contributed by atoms with van der Waals surface area (Å²) in [6.07, 6.45) is 0.673. The Balaban J connectivity index is 2.59. The molecular weight excluding hydrogens is 467 g/mol. The molecule has 1 aromatic rings. The van der Waals surface area contributed by atoms with Crippen LogP contribution in [0.25, 0.3) is 0 Å². The summed E-state index contributed by atoms with van der Waals surface area (Å²) in [7, 11) is 0. The predicted molar refractivity (Wildman–Crippen MR) is 119 cm³/mol. The molecule has 0 radical (unpaired) electrons. The van der Waals surface area contributed by atoms with E-state index < -0.39 is 41.8 Å². The normalized spacial score (nSPS) is 13.7. The Bertz CT molecular complexity index is 745. The van der Waals surface area contributed by atoms with Crippen LogP contribution in [0, 0.1) is 5.92 Å². The minimum absolute atomic E-state index is 0.241. The number of aliphatic carboxylic acids is 1. The van der Waals surface area contributed by atoms with E-state index in [0.717, 1.165) is 10.9 Å². The van der Waals surface area contributed by atoms with Crippen LogP contribution < -0.4 is 21.7 Å². The van der Waals surface area contributed by atoms with Crippen molar-refractivity contribution in [3.63, 3.8) is 0 Å². The first-order valence-electron chi connectivity index (χ1n) is 10.0. The number of amides is 3. The van der Waals surface area contributed by atoms with Gasteiger partial charge in [0.1, 0.15) is 0 Å². The fourth-order valence-corrected chi connectivity index (χ4v) is 3.76. The van der Waals surface area contributed by atoms with Crippen LogP contribution in [0.1, 0.15) is 25.8 Å². The Morgan fingerprint density at radius 2 is 1.71 bits per heavy atom. The van der Waals surface area contributed by atoms with Crippen molar-refractivity contribution in [2.45, 2.75) is 56.0 Å². The van der Waals surface area contributed by atoms with Crippen LogP contribution >= 0.6 is 0 Å². The molecule has 0 heterocycles. The van der Waals surface area contributed by atoms with Crippen molar-refractivity contribution < 1.29 is 24.3 Å². The van der Waals surface area contributed by atoms with E-state index in [0.29, 0.717) is 27.8 Å². The molecule has 3 atom stereocenters. The second-order valence-corrected chi connectivity index (χ2v) is 9.55. The van der Waals surface area contributed by atoms with Crippen LogP contribution in [0.3, 0.4) is 0 Å². The van der Waals surface area contributed by atoms with Crippen molar-refractivity contribution in [2.24, 2.45) is 11.7 Å². The maximum atomic E-state index is 12.5. The Morgan fingerprint density at radius 3 is 2.26 bits per heavy atom. The molecule has 1 aromatic carbocycles. The molecule has 10 heteroatoms. The fourth-order valence-electron chi connectivity index (χ4n) is 2.77. The van der Waals surface area contributed by atoms with Gasteiger partial charge in [0, 0.05) is 0 Å². The van der Waals surface area contributed by atoms with E-state index in [4.69, 9.17) is 5.73 Å². The van der Waals surface area contributed by atoms with Gasteiger partial charge < -0.3 is 5.73 Å². The Morgan fingerprint density at radius 1 is 1.06 bits per heavy atom. The molecule has 1 rings (SSSR count). The molecule has 0 fully saturated rings. The third kappa shape index (κ3) is 9.95. The van der Waals surface area contributed by atoms with Crippen molar-refractivity contribution >= 4 is 38.6 Å². The van der Waals surface area contributed by atoms with Gasteiger partial charge in [-0.15, -0.1) is 0 Å². The number of carboxylic acids is 1. The molecule has 0 spiro atoms. The fraction of sp³-hybridized carbons (Fsp3) is 0.524. The molecule has 0 saturated carbocycles. The summed E-state index contributed by atoms with van der Waals surface area (Å²) in [5.74, 6) is -0.958. The zero-order valence-corrected chi connectivity index (χ0v) is 19.8. The topological polar surface area (TPSA) is 151 Å². The first kappa shape index (κ1) is 26.6. The SMILES string of the molecule is C[Se]CCC(NC(=O)CNC(=O)C(NC(=O)C(N)Cc1ccccc1)C(C)C)C(=O)O. The number of hydrogen-bond acceptors (Lipinski definition) is 5. The molecule has 0 aliphatic rings. The molecular formula is C21H32N4O5Se. The average molecular weight is 499 g/mol. The van der Waals surface area contributed by atoms with Crippen LogP contribution in [0.5, 0.6) is 0 Å². The summed E-state index contributed by atoms with van der Waals surface area (Å²) in [6, 6.07) is 6.63. The molecule has 0 bridgehead atoms. The standard InChI is InChI=1S/C21H32N4O5Se/c1-13(2)18(25-19(27)15(22)11-14-7-5-4-6-8-14)20(28)23-12-17(26)24-16(21(29)30)9-10-31-3/h4-8,13,15-16,18H,9-12,22H2,1-3H3,(H,23,28)(H,24,26)(H,25,27)(H,29,30). The van der Waals surface area contributed by atoms with Gasteiger partial charge in [0.25, 0.3) is 0 Å². The van der Waals surface area contributed by atoms with Gasteiger partial charge in [0.2, 0.25) is 0 Å². The third-order valence-electron chi connectivity index (χ3n) is 4.55. The van der Waals surface area contributed by atoms with Gasteiger partial charge in [-0.05, 0) is 12.0 Å². The summed E-state index contributed by atoms with van der Waals surface area (Å²) in [4.78, 5) is 48.3. The number of benzene rings is 1. The number of carbonyl (C=O) groups excluding carboxylic acids is 3. The van der Waals surface area contributed by atoms with E-state index in [1.165, 1.54) is 0 Å². The van der Waals surface area contributed by atoms with Crippen molar-refractivity contribution in [3.05, 3.63) is 35.9 Å². The zero-order valence-electron chi connectivity index (χ0n) is 18.1. The van der Waals surface area contributed by atoms with E-state index in [2.05, 4.69) is 16.0 Å². The number of carboxylic acid groups (broad SMARTS) is 1. The average Bonchev–Trinajstić information content (AvgIpc) is 2.73. The molecule has 6 N–H and O–H groups in total. The second kappa shape index (κ2) is 13.8. The van der Waals surface area contributed by atoms with Gasteiger partial charge in [-0.2, -0.15) is 0 Å². The molecule has 3 amide bonds. The molecule has 0 aromatic heterocycles. The second-order valence-electron chi connectivity index (χ2n) is 7.48. The maximum absolute atomic E-state index is 12.5. The minimum atomic E-state index is -1.11. The van der Waals surface area contributed by atoms with Crippen LogP contribution in [0.4, 0.5) is 0 Å². The van der Waals surface area contributed by atoms with Gasteiger partial charge in [0.15, 0.2) is 0 Å². The summed E-state index contributed by atoms with van der Waals surface area (Å²) >= 11 is 0.302. The number of rotatable bonds is 13. The Kier molecular flexibility index (Phi) is 11.8. The van der Waals surface area contributed by atoms with Crippen molar-refractivity contribution in [3.8, 4) is 0 Å². The van der Waals surface area contributed by atoms with Crippen LogP contribution in [-0.4, -0.2) is 68.4 Å². The number of nitrogens with two attached hydrogens (primary N) is 1. The first-order valence-corrected chi connectivity index (χ1v) is 13.0. The summed E-state index contributed by atoms with van der Waals surface area (Å²) in [6.45, 7) is 3.15. The number of nitrogens with one attached hydrogen (secondary N) is 3. The molecule has 9 nitrogen and oxygen atoms in total. The van der Waals surface area contributed by atoms with Crippen molar-refractivity contribution in [1.29, 1.82) is 0 Å². The van der Waals surface area contributed by atoms with Crippen molar-refractivity contribution in [2.75, 3.05) is 6.54 Å². The number of hydrogen-bond donors (Lipinski definition) is 5. The van der Waals surface area contributed by atoms with Gasteiger partial charge in [-0.25, -0.2) is 0 Å². The third-order valence-corrected chi connectivity index (χ3v) is 5.90. The summed E-state index contributed by atoms with van der Waals surface area (Å²) in [5.41, 5.74) is 6.89. The molecule has 31 heavy (non-hydrogen) atoms. The summed E-state index contributed by atoms with van der Waals surface area (Å²) in [5, 5.41) is 17.4. The Labute approximate surface area is 189 Å². The molecule has 172 valence electrons. The van der Waals surface area contributed by atoms with Crippen LogP contribution in [-0.2, 0) is 25.6 Å². The predicted octanol–water partition coefficient (Wildman–Crippen LogP) is -0.0565. The zero-order chi connectivity index (χ0) is 23.4. The van der Waals surface area contributed by atoms with Gasteiger partial charge >= 0.3 is 141 Å². The van der Waals surface area contributed by atoms with Crippen LogP contribution in [0.2, 0.25) is 11.1 Å². The molecule has 0 aliphatic heterocycles. The number of carbonyl (C=O) groups is 4. The molecule has 3 unspecified atom stereocenters. The monoisotopic (exact) mass is 500 g/mol. The Hall–Kier alpha value is -2.42. The van der Waals surface area contributed by atoms with E-state index in [-0.39, 0.29) is 12.5 Å². The van der Waals surface area contributed by atoms with Gasteiger partial charge in [-0.3, -0.25) is 0 Å². The molecule has 0 aliphatic carbocycles. The van der Waals surface area contributed by atoms with Crippen molar-refractivity contribution in [1.82, 2.24) is 16.0 Å². The molecule has 0 saturated heterocycles. The quantitative estimate of drug-likeness (QED) is 0.240. The van der Waals surface area contributed by atoms with E-state index in [9.17, 15) is 24.3 Å².